The van der Waals surface area contributed by atoms with E-state index < -0.39 is 6.67 Å². The Morgan fingerprint density at radius 3 is 2.73 bits per heavy atom. The lowest BCUT2D eigenvalue weighted by molar-refractivity contribution is 0.101. The molecule has 9 heteroatoms. The lowest BCUT2D eigenvalue weighted by atomic mass is 10.1. The van der Waals surface area contributed by atoms with Gasteiger partial charge in [-0.05, 0) is 74.5 Å². The van der Waals surface area contributed by atoms with Crippen LogP contribution in [-0.4, -0.2) is 30.9 Å². The molecule has 0 aliphatic heterocycles. The standard InChI is InChI=1S/C28H26FN7O/c1-3-36-27(14-18(2)35-36)28(37)32-22-8-7-19(17-29)25(15-22)31-21-9-11-23-24(33-34-26(23)16-21)12-10-20-6-4-5-13-30-20/h4-16,31H,3,17H2,1-2H3,(H,32,37)(H,33,34)/b12-10+. The highest BCUT2D eigenvalue weighted by molar-refractivity contribution is 6.03. The van der Waals surface area contributed by atoms with Crippen LogP contribution in [0.25, 0.3) is 23.1 Å². The quantitative estimate of drug-likeness (QED) is 0.241. The van der Waals surface area contributed by atoms with E-state index in [1.54, 1.807) is 35.1 Å². The van der Waals surface area contributed by atoms with Crippen molar-refractivity contribution in [1.29, 1.82) is 0 Å². The number of alkyl halides is 1. The Labute approximate surface area is 213 Å². The second kappa shape index (κ2) is 10.4. The van der Waals surface area contributed by atoms with Crippen LogP contribution >= 0.6 is 0 Å². The first-order valence-corrected chi connectivity index (χ1v) is 11.9. The van der Waals surface area contributed by atoms with Crippen molar-refractivity contribution < 1.29 is 9.18 Å². The molecule has 37 heavy (non-hydrogen) atoms. The average molecular weight is 496 g/mol. The summed E-state index contributed by atoms with van der Waals surface area (Å²) >= 11 is 0. The number of hydrogen-bond donors (Lipinski definition) is 3. The van der Waals surface area contributed by atoms with Crippen LogP contribution in [0.2, 0.25) is 0 Å². The molecule has 8 nitrogen and oxygen atoms in total. The minimum absolute atomic E-state index is 0.272. The van der Waals surface area contributed by atoms with Crippen LogP contribution in [-0.2, 0) is 13.2 Å². The molecule has 0 fully saturated rings. The van der Waals surface area contributed by atoms with Crippen molar-refractivity contribution in [2.45, 2.75) is 27.1 Å². The highest BCUT2D eigenvalue weighted by Gasteiger charge is 2.15. The first-order chi connectivity index (χ1) is 18.0. The fourth-order valence-corrected chi connectivity index (χ4v) is 4.09. The number of carbonyl (C=O) groups is 1. The second-order valence-electron chi connectivity index (χ2n) is 8.53. The van der Waals surface area contributed by atoms with Crippen LogP contribution in [0.15, 0.2) is 66.9 Å². The number of aromatic amines is 1. The van der Waals surface area contributed by atoms with Crippen LogP contribution in [0.3, 0.4) is 0 Å². The van der Waals surface area contributed by atoms with Crippen LogP contribution < -0.4 is 10.6 Å². The molecule has 0 saturated carbocycles. The van der Waals surface area contributed by atoms with E-state index in [-0.39, 0.29) is 5.91 Å². The summed E-state index contributed by atoms with van der Waals surface area (Å²) in [6.45, 7) is 3.71. The van der Waals surface area contributed by atoms with E-state index in [1.165, 1.54) is 0 Å². The molecule has 2 aromatic carbocycles. The van der Waals surface area contributed by atoms with E-state index in [1.807, 2.05) is 62.4 Å². The number of pyridine rings is 1. The Morgan fingerprint density at radius 2 is 1.95 bits per heavy atom. The number of anilines is 3. The van der Waals surface area contributed by atoms with Crippen molar-refractivity contribution in [3.05, 3.63) is 95.2 Å². The molecule has 0 bridgehead atoms. The van der Waals surface area contributed by atoms with Gasteiger partial charge in [-0.1, -0.05) is 12.1 Å². The minimum atomic E-state index is -0.646. The summed E-state index contributed by atoms with van der Waals surface area (Å²) in [5, 5.41) is 18.9. The highest BCUT2D eigenvalue weighted by atomic mass is 19.1. The monoisotopic (exact) mass is 495 g/mol. The number of rotatable bonds is 8. The molecule has 0 saturated heterocycles. The number of nitrogens with one attached hydrogen (secondary N) is 3. The van der Waals surface area contributed by atoms with Crippen molar-refractivity contribution in [2.75, 3.05) is 10.6 Å². The predicted octanol–water partition coefficient (Wildman–Crippen LogP) is 6.12. The van der Waals surface area contributed by atoms with Gasteiger partial charge in [0, 0.05) is 40.8 Å². The van der Waals surface area contributed by atoms with E-state index in [2.05, 4.69) is 30.9 Å². The third kappa shape index (κ3) is 5.25. The van der Waals surface area contributed by atoms with Crippen molar-refractivity contribution in [2.24, 2.45) is 0 Å². The Hall–Kier alpha value is -4.79. The molecule has 3 N–H and O–H groups in total. The summed E-state index contributed by atoms with van der Waals surface area (Å²) in [6.07, 6.45) is 5.56. The molecule has 0 radical (unpaired) electrons. The van der Waals surface area contributed by atoms with E-state index in [4.69, 9.17) is 0 Å². The summed E-state index contributed by atoms with van der Waals surface area (Å²) < 4.78 is 15.4. The minimum Gasteiger partial charge on any atom is -0.355 e. The number of carbonyl (C=O) groups excluding carboxylic acids is 1. The molecule has 0 aliphatic carbocycles. The number of nitrogens with zero attached hydrogens (tertiary/aromatic N) is 4. The first kappa shape index (κ1) is 23.9. The molecular weight excluding hydrogens is 469 g/mol. The van der Waals surface area contributed by atoms with Gasteiger partial charge in [-0.3, -0.25) is 19.6 Å². The molecule has 0 atom stereocenters. The number of halogens is 1. The third-order valence-corrected chi connectivity index (χ3v) is 5.92. The number of hydrogen-bond acceptors (Lipinski definition) is 5. The summed E-state index contributed by atoms with van der Waals surface area (Å²) in [7, 11) is 0. The number of H-pyrrole nitrogens is 1. The molecule has 0 spiro atoms. The summed E-state index contributed by atoms with van der Waals surface area (Å²) in [5.74, 6) is -0.272. The maximum Gasteiger partial charge on any atom is 0.273 e. The molecule has 0 unspecified atom stereocenters. The van der Waals surface area contributed by atoms with Gasteiger partial charge >= 0.3 is 0 Å². The Balaban J connectivity index is 1.36. The van der Waals surface area contributed by atoms with Crippen LogP contribution in [0, 0.1) is 6.92 Å². The highest BCUT2D eigenvalue weighted by Crippen LogP contribution is 2.28. The maximum atomic E-state index is 13.8. The largest absolute Gasteiger partial charge is 0.355 e. The van der Waals surface area contributed by atoms with Crippen molar-refractivity contribution in [3.8, 4) is 0 Å². The zero-order chi connectivity index (χ0) is 25.8. The van der Waals surface area contributed by atoms with Crippen LogP contribution in [0.1, 0.15) is 40.1 Å². The second-order valence-corrected chi connectivity index (χ2v) is 8.53. The van der Waals surface area contributed by atoms with Gasteiger partial charge in [0.25, 0.3) is 5.91 Å². The first-order valence-electron chi connectivity index (χ1n) is 11.9. The van der Waals surface area contributed by atoms with Gasteiger partial charge in [-0.15, -0.1) is 0 Å². The van der Waals surface area contributed by atoms with Gasteiger partial charge < -0.3 is 10.6 Å². The van der Waals surface area contributed by atoms with Crippen molar-refractivity contribution >= 4 is 46.0 Å². The van der Waals surface area contributed by atoms with E-state index in [9.17, 15) is 9.18 Å². The molecule has 186 valence electrons. The number of fused-ring (bicyclic) bond motifs is 1. The van der Waals surface area contributed by atoms with Crippen LogP contribution in [0.5, 0.6) is 0 Å². The summed E-state index contributed by atoms with van der Waals surface area (Å²) in [4.78, 5) is 17.1. The molecule has 5 aromatic rings. The maximum absolute atomic E-state index is 13.8. The van der Waals surface area contributed by atoms with Gasteiger partial charge in [0.05, 0.1) is 22.6 Å². The Kier molecular flexibility index (Phi) is 6.76. The van der Waals surface area contributed by atoms with Crippen molar-refractivity contribution in [1.82, 2.24) is 25.0 Å². The van der Waals surface area contributed by atoms with Crippen LogP contribution in [0.4, 0.5) is 21.5 Å². The Bertz CT molecular complexity index is 1590. The lowest BCUT2D eigenvalue weighted by Gasteiger charge is -2.13. The lowest BCUT2D eigenvalue weighted by Crippen LogP contribution is -2.17. The Morgan fingerprint density at radius 1 is 1.08 bits per heavy atom. The molecule has 5 rings (SSSR count). The van der Waals surface area contributed by atoms with Gasteiger partial charge in [0.1, 0.15) is 12.4 Å². The van der Waals surface area contributed by atoms with E-state index >= 15 is 0 Å². The smallest absolute Gasteiger partial charge is 0.273 e. The normalized spacial score (nSPS) is 11.3. The number of aromatic nitrogens is 5. The fourth-order valence-electron chi connectivity index (χ4n) is 4.09. The van der Waals surface area contributed by atoms with Gasteiger partial charge in [0.15, 0.2) is 0 Å². The molecule has 3 aromatic heterocycles. The van der Waals surface area contributed by atoms with Gasteiger partial charge in [0.2, 0.25) is 0 Å². The van der Waals surface area contributed by atoms with E-state index in [0.29, 0.717) is 29.2 Å². The average Bonchev–Trinajstić information content (AvgIpc) is 3.50. The molecule has 1 amide bonds. The molecule has 0 aliphatic rings. The zero-order valence-electron chi connectivity index (χ0n) is 20.5. The summed E-state index contributed by atoms with van der Waals surface area (Å²) in [6, 6.07) is 18.3. The summed E-state index contributed by atoms with van der Waals surface area (Å²) in [5.41, 5.74) is 6.07. The third-order valence-electron chi connectivity index (χ3n) is 5.92. The van der Waals surface area contributed by atoms with Gasteiger partial charge in [-0.2, -0.15) is 10.2 Å². The van der Waals surface area contributed by atoms with Gasteiger partial charge in [-0.25, -0.2) is 4.39 Å². The topological polar surface area (TPSA) is 101 Å². The van der Waals surface area contributed by atoms with E-state index in [0.717, 1.165) is 33.7 Å². The predicted molar refractivity (Wildman–Crippen MR) is 144 cm³/mol. The SMILES string of the molecule is CCn1nc(C)cc1C(=O)Nc1ccc(CF)c(Nc2ccc3c(/C=C/c4ccccn4)n[nH]c3c2)c1. The molecule has 3 heterocycles. The fraction of sp³-hybridized carbons (Fsp3) is 0.143. The number of amides is 1. The molecular formula is C28H26FN7O. The number of benzene rings is 2. The number of aryl methyl sites for hydroxylation is 2. The van der Waals surface area contributed by atoms with Crippen molar-refractivity contribution in [3.63, 3.8) is 0 Å². The zero-order valence-corrected chi connectivity index (χ0v) is 20.5.